The van der Waals surface area contributed by atoms with Crippen LogP contribution in [0.1, 0.15) is 39.0 Å². The van der Waals surface area contributed by atoms with Crippen LogP contribution in [0.25, 0.3) is 0 Å². The predicted octanol–water partition coefficient (Wildman–Crippen LogP) is 1.03. The Hall–Kier alpha value is -0.770. The van der Waals surface area contributed by atoms with E-state index in [2.05, 4.69) is 12.0 Å². The third-order valence-corrected chi connectivity index (χ3v) is 1.81. The fraction of sp³-hybridized carbons (Fsp3) is 0.875. The third-order valence-electron chi connectivity index (χ3n) is 1.81. The molecule has 0 unspecified atom stereocenters. The van der Waals surface area contributed by atoms with Gasteiger partial charge in [-0.3, -0.25) is 0 Å². The van der Waals surface area contributed by atoms with Crippen molar-refractivity contribution in [3.63, 3.8) is 0 Å². The first-order valence-corrected chi connectivity index (χ1v) is 4.47. The number of hydrazine groups is 1. The van der Waals surface area contributed by atoms with E-state index in [-0.39, 0.29) is 0 Å². The molecule has 0 saturated carbocycles. The molecule has 0 aliphatic rings. The standard InChI is InChI=1S/C8H20N4/c1-3-4-5-6-7-8(11-9)12(2)10/h3-7,9-10H2,1-2H3/b11-8+. The quantitative estimate of drug-likeness (QED) is 0.214. The van der Waals surface area contributed by atoms with Gasteiger partial charge in [-0.05, 0) is 6.42 Å². The summed E-state index contributed by atoms with van der Waals surface area (Å²) in [5, 5.41) is 5.08. The molecular formula is C8H20N4. The molecule has 0 aromatic heterocycles. The number of hydrazone groups is 1. The highest BCUT2D eigenvalue weighted by atomic mass is 15.4. The van der Waals surface area contributed by atoms with Gasteiger partial charge in [0.05, 0.1) is 0 Å². The lowest BCUT2D eigenvalue weighted by molar-refractivity contribution is 0.514. The summed E-state index contributed by atoms with van der Waals surface area (Å²) >= 11 is 0. The number of amidine groups is 1. The van der Waals surface area contributed by atoms with E-state index in [1.54, 1.807) is 7.05 Å². The molecule has 0 rings (SSSR count). The van der Waals surface area contributed by atoms with Crippen LogP contribution < -0.4 is 11.7 Å². The summed E-state index contributed by atoms with van der Waals surface area (Å²) in [6, 6.07) is 0. The molecule has 0 amide bonds. The van der Waals surface area contributed by atoms with Crippen LogP contribution in [0.4, 0.5) is 0 Å². The van der Waals surface area contributed by atoms with Crippen molar-refractivity contribution < 1.29 is 0 Å². The molecule has 0 aromatic rings. The van der Waals surface area contributed by atoms with Gasteiger partial charge >= 0.3 is 0 Å². The van der Waals surface area contributed by atoms with Gasteiger partial charge in [0, 0.05) is 13.5 Å². The zero-order valence-corrected chi connectivity index (χ0v) is 8.08. The second kappa shape index (κ2) is 6.91. The third kappa shape index (κ3) is 4.96. The van der Waals surface area contributed by atoms with E-state index < -0.39 is 0 Å². The van der Waals surface area contributed by atoms with Crippen LogP contribution in [0.3, 0.4) is 0 Å². The maximum atomic E-state index is 5.48. The average molecular weight is 172 g/mol. The van der Waals surface area contributed by atoms with E-state index in [1.807, 2.05) is 0 Å². The van der Waals surface area contributed by atoms with Gasteiger partial charge in [0.1, 0.15) is 5.84 Å². The van der Waals surface area contributed by atoms with E-state index in [1.165, 1.54) is 24.3 Å². The lowest BCUT2D eigenvalue weighted by Gasteiger charge is -2.13. The van der Waals surface area contributed by atoms with Crippen molar-refractivity contribution in [2.24, 2.45) is 16.8 Å². The molecule has 0 atom stereocenters. The van der Waals surface area contributed by atoms with Gasteiger partial charge in [-0.2, -0.15) is 5.10 Å². The predicted molar refractivity (Wildman–Crippen MR) is 52.3 cm³/mol. The lowest BCUT2D eigenvalue weighted by atomic mass is 10.1. The van der Waals surface area contributed by atoms with Crippen molar-refractivity contribution in [3.8, 4) is 0 Å². The highest BCUT2D eigenvalue weighted by Gasteiger charge is 2.00. The average Bonchev–Trinajstić information content (AvgIpc) is 2.04. The maximum Gasteiger partial charge on any atom is 0.138 e. The number of hydrogen-bond acceptors (Lipinski definition) is 3. The number of rotatable bonds is 5. The Morgan fingerprint density at radius 3 is 2.42 bits per heavy atom. The van der Waals surface area contributed by atoms with Crippen LogP contribution in [0.15, 0.2) is 5.10 Å². The van der Waals surface area contributed by atoms with Gasteiger partial charge in [-0.25, -0.2) is 5.84 Å². The number of hydrogen-bond donors (Lipinski definition) is 2. The smallest absolute Gasteiger partial charge is 0.138 e. The minimum absolute atomic E-state index is 0.770. The van der Waals surface area contributed by atoms with Crippen LogP contribution in [0, 0.1) is 0 Å². The van der Waals surface area contributed by atoms with E-state index in [0.29, 0.717) is 0 Å². The summed E-state index contributed by atoms with van der Waals surface area (Å²) < 4.78 is 0. The molecule has 0 radical (unpaired) electrons. The Kier molecular flexibility index (Phi) is 6.47. The molecule has 0 aliphatic carbocycles. The highest BCUT2D eigenvalue weighted by molar-refractivity contribution is 5.81. The molecule has 0 aromatic carbocycles. The van der Waals surface area contributed by atoms with Gasteiger partial charge in [0.25, 0.3) is 0 Å². The first-order valence-electron chi connectivity index (χ1n) is 4.47. The molecule has 0 heterocycles. The van der Waals surface area contributed by atoms with Crippen LogP contribution in [0.2, 0.25) is 0 Å². The van der Waals surface area contributed by atoms with Crippen LogP contribution >= 0.6 is 0 Å². The van der Waals surface area contributed by atoms with Gasteiger partial charge in [-0.1, -0.05) is 26.2 Å². The monoisotopic (exact) mass is 172 g/mol. The fourth-order valence-electron chi connectivity index (χ4n) is 1.04. The zero-order chi connectivity index (χ0) is 9.40. The van der Waals surface area contributed by atoms with Gasteiger partial charge in [-0.15, -0.1) is 0 Å². The molecule has 4 heteroatoms. The minimum atomic E-state index is 0.770. The maximum absolute atomic E-state index is 5.48. The van der Waals surface area contributed by atoms with E-state index in [0.717, 1.165) is 18.7 Å². The van der Waals surface area contributed by atoms with Crippen molar-refractivity contribution in [2.45, 2.75) is 39.0 Å². The zero-order valence-electron chi connectivity index (χ0n) is 8.08. The number of nitrogens with two attached hydrogens (primary N) is 2. The minimum Gasteiger partial charge on any atom is -0.322 e. The summed E-state index contributed by atoms with van der Waals surface area (Å²) in [6.45, 7) is 2.19. The van der Waals surface area contributed by atoms with E-state index in [4.69, 9.17) is 11.7 Å². The molecule has 0 aliphatic heterocycles. The molecule has 12 heavy (non-hydrogen) atoms. The number of nitrogens with zero attached hydrogens (tertiary/aromatic N) is 2. The molecule has 0 spiro atoms. The highest BCUT2D eigenvalue weighted by Crippen LogP contribution is 2.03. The Balaban J connectivity index is 3.47. The molecule has 4 N–H and O–H groups in total. The molecule has 0 fully saturated rings. The normalized spacial score (nSPS) is 11.8. The molecule has 72 valence electrons. The van der Waals surface area contributed by atoms with Crippen LogP contribution in [-0.2, 0) is 0 Å². The van der Waals surface area contributed by atoms with Crippen molar-refractivity contribution in [2.75, 3.05) is 7.05 Å². The largest absolute Gasteiger partial charge is 0.322 e. The first kappa shape index (κ1) is 11.2. The molecular weight excluding hydrogens is 152 g/mol. The topological polar surface area (TPSA) is 67.6 Å². The van der Waals surface area contributed by atoms with Gasteiger partial charge in [0.15, 0.2) is 0 Å². The molecule has 0 saturated heterocycles. The summed E-state index contributed by atoms with van der Waals surface area (Å²) in [5.74, 6) is 11.4. The molecule has 4 nitrogen and oxygen atoms in total. The summed E-state index contributed by atoms with van der Waals surface area (Å²) in [6.07, 6.45) is 5.73. The Labute approximate surface area is 74.6 Å². The Morgan fingerprint density at radius 2 is 2.00 bits per heavy atom. The fourth-order valence-corrected chi connectivity index (χ4v) is 1.04. The Morgan fingerprint density at radius 1 is 1.33 bits per heavy atom. The van der Waals surface area contributed by atoms with Crippen LogP contribution in [-0.4, -0.2) is 17.9 Å². The number of unbranched alkanes of at least 4 members (excludes halogenated alkanes) is 3. The first-order chi connectivity index (χ1) is 5.72. The van der Waals surface area contributed by atoms with Crippen molar-refractivity contribution >= 4 is 5.84 Å². The lowest BCUT2D eigenvalue weighted by Crippen LogP contribution is -2.33. The second-order valence-corrected chi connectivity index (χ2v) is 2.97. The summed E-state index contributed by atoms with van der Waals surface area (Å²) in [5.41, 5.74) is 0. The Bertz CT molecular complexity index is 131. The summed E-state index contributed by atoms with van der Waals surface area (Å²) in [4.78, 5) is 0. The summed E-state index contributed by atoms with van der Waals surface area (Å²) in [7, 11) is 1.76. The van der Waals surface area contributed by atoms with Gasteiger partial charge in [0.2, 0.25) is 0 Å². The van der Waals surface area contributed by atoms with Crippen LogP contribution in [0.5, 0.6) is 0 Å². The van der Waals surface area contributed by atoms with Crippen molar-refractivity contribution in [1.82, 2.24) is 5.01 Å². The van der Waals surface area contributed by atoms with Crippen molar-refractivity contribution in [1.29, 1.82) is 0 Å². The van der Waals surface area contributed by atoms with E-state index in [9.17, 15) is 0 Å². The van der Waals surface area contributed by atoms with Crippen molar-refractivity contribution in [3.05, 3.63) is 0 Å². The van der Waals surface area contributed by atoms with E-state index >= 15 is 0 Å². The second-order valence-electron chi connectivity index (χ2n) is 2.97. The SMILES string of the molecule is CCCCCC/C(=N\N)N(C)N. The molecule has 0 bridgehead atoms. The van der Waals surface area contributed by atoms with Gasteiger partial charge < -0.3 is 10.9 Å².